The molecule has 6 heteroatoms. The highest BCUT2D eigenvalue weighted by Crippen LogP contribution is 2.41. The standard InChI is InChI=1S/C15H14N2O3S/c18-13(10-3-5-11(6-4-10)15(19)20)17-12(9-1-2-9)14-16-7-8-21-14/h3-9,12H,1-2H2,(H,17,18)(H,19,20). The van der Waals surface area contributed by atoms with Crippen LogP contribution in [0.2, 0.25) is 0 Å². The van der Waals surface area contributed by atoms with Crippen molar-refractivity contribution in [1.82, 2.24) is 10.3 Å². The van der Waals surface area contributed by atoms with E-state index in [0.717, 1.165) is 17.8 Å². The van der Waals surface area contributed by atoms with Crippen LogP contribution in [0.4, 0.5) is 0 Å². The molecule has 1 saturated carbocycles. The molecule has 3 rings (SSSR count). The number of amides is 1. The minimum absolute atomic E-state index is 0.0448. The molecule has 1 unspecified atom stereocenters. The molecule has 21 heavy (non-hydrogen) atoms. The van der Waals surface area contributed by atoms with Crippen LogP contribution in [0, 0.1) is 5.92 Å². The van der Waals surface area contributed by atoms with Crippen molar-refractivity contribution < 1.29 is 14.7 Å². The van der Waals surface area contributed by atoms with Crippen molar-refractivity contribution in [2.45, 2.75) is 18.9 Å². The normalized spacial score (nSPS) is 15.4. The van der Waals surface area contributed by atoms with E-state index in [0.29, 0.717) is 11.5 Å². The summed E-state index contributed by atoms with van der Waals surface area (Å²) in [4.78, 5) is 27.4. The van der Waals surface area contributed by atoms with Gasteiger partial charge < -0.3 is 10.4 Å². The van der Waals surface area contributed by atoms with Gasteiger partial charge in [0.1, 0.15) is 5.01 Å². The van der Waals surface area contributed by atoms with E-state index in [1.54, 1.807) is 6.20 Å². The average Bonchev–Trinajstić information content (AvgIpc) is 3.19. The van der Waals surface area contributed by atoms with Gasteiger partial charge in [-0.15, -0.1) is 11.3 Å². The molecular formula is C15H14N2O3S. The van der Waals surface area contributed by atoms with Gasteiger partial charge in [0.15, 0.2) is 0 Å². The summed E-state index contributed by atoms with van der Waals surface area (Å²) in [6.07, 6.45) is 3.94. The second-order valence-electron chi connectivity index (χ2n) is 5.04. The van der Waals surface area contributed by atoms with Crippen LogP contribution in [-0.4, -0.2) is 22.0 Å². The van der Waals surface area contributed by atoms with Crippen molar-refractivity contribution in [3.05, 3.63) is 52.0 Å². The van der Waals surface area contributed by atoms with Crippen molar-refractivity contribution in [2.75, 3.05) is 0 Å². The minimum atomic E-state index is -0.999. The summed E-state index contributed by atoms with van der Waals surface area (Å²) in [5.74, 6) is -0.738. The van der Waals surface area contributed by atoms with E-state index in [2.05, 4.69) is 10.3 Å². The number of aromatic carboxylic acids is 1. The first-order chi connectivity index (χ1) is 10.1. The maximum Gasteiger partial charge on any atom is 0.335 e. The number of nitrogens with zero attached hydrogens (tertiary/aromatic N) is 1. The molecule has 1 aromatic carbocycles. The van der Waals surface area contributed by atoms with E-state index in [4.69, 9.17) is 5.11 Å². The molecule has 2 N–H and O–H groups in total. The number of rotatable bonds is 5. The zero-order chi connectivity index (χ0) is 14.8. The molecule has 1 amide bonds. The van der Waals surface area contributed by atoms with E-state index in [9.17, 15) is 9.59 Å². The first-order valence-corrected chi connectivity index (χ1v) is 7.57. The maximum atomic E-state index is 12.3. The Morgan fingerprint density at radius 3 is 2.43 bits per heavy atom. The summed E-state index contributed by atoms with van der Waals surface area (Å²) >= 11 is 1.54. The van der Waals surface area contributed by atoms with E-state index >= 15 is 0 Å². The predicted octanol–water partition coefficient (Wildman–Crippen LogP) is 2.72. The second-order valence-corrected chi connectivity index (χ2v) is 5.97. The Bertz CT molecular complexity index is 648. The molecular weight excluding hydrogens is 288 g/mol. The first-order valence-electron chi connectivity index (χ1n) is 6.69. The smallest absolute Gasteiger partial charge is 0.335 e. The van der Waals surface area contributed by atoms with Crippen molar-refractivity contribution in [3.8, 4) is 0 Å². The van der Waals surface area contributed by atoms with Gasteiger partial charge in [-0.05, 0) is 43.0 Å². The lowest BCUT2D eigenvalue weighted by Crippen LogP contribution is -2.29. The van der Waals surface area contributed by atoms with Crippen LogP contribution in [-0.2, 0) is 0 Å². The van der Waals surface area contributed by atoms with Gasteiger partial charge in [-0.2, -0.15) is 0 Å². The minimum Gasteiger partial charge on any atom is -0.478 e. The quantitative estimate of drug-likeness (QED) is 0.890. The molecule has 1 atom stereocenters. The molecule has 1 aliphatic carbocycles. The van der Waals surface area contributed by atoms with Crippen molar-refractivity contribution >= 4 is 23.2 Å². The number of carboxylic acid groups (broad SMARTS) is 1. The molecule has 0 aliphatic heterocycles. The Morgan fingerprint density at radius 2 is 1.90 bits per heavy atom. The maximum absolute atomic E-state index is 12.3. The Kier molecular flexibility index (Phi) is 3.70. The number of nitrogens with one attached hydrogen (secondary N) is 1. The van der Waals surface area contributed by atoms with Gasteiger partial charge in [0.25, 0.3) is 5.91 Å². The van der Waals surface area contributed by atoms with Crippen LogP contribution < -0.4 is 5.32 Å². The van der Waals surface area contributed by atoms with Crippen molar-refractivity contribution in [2.24, 2.45) is 5.92 Å². The zero-order valence-electron chi connectivity index (χ0n) is 11.2. The molecule has 2 aromatic rings. The summed E-state index contributed by atoms with van der Waals surface area (Å²) in [5, 5.41) is 14.7. The number of hydrogen-bond donors (Lipinski definition) is 2. The molecule has 0 radical (unpaired) electrons. The third kappa shape index (κ3) is 3.11. The van der Waals surface area contributed by atoms with Crippen LogP contribution in [0.25, 0.3) is 0 Å². The summed E-state index contributed by atoms with van der Waals surface area (Å²) < 4.78 is 0. The number of carbonyl (C=O) groups is 2. The van der Waals surface area contributed by atoms with Gasteiger partial charge in [0, 0.05) is 17.1 Å². The summed E-state index contributed by atoms with van der Waals surface area (Å²) in [6, 6.07) is 5.89. The van der Waals surface area contributed by atoms with Crippen LogP contribution in [0.15, 0.2) is 35.8 Å². The molecule has 1 fully saturated rings. The van der Waals surface area contributed by atoms with Gasteiger partial charge in [0.05, 0.1) is 11.6 Å². The van der Waals surface area contributed by atoms with Crippen LogP contribution in [0.5, 0.6) is 0 Å². The monoisotopic (exact) mass is 302 g/mol. The lowest BCUT2D eigenvalue weighted by atomic mass is 10.1. The number of thiazole rings is 1. The summed E-state index contributed by atoms with van der Waals surface area (Å²) in [6.45, 7) is 0. The molecule has 0 spiro atoms. The zero-order valence-corrected chi connectivity index (χ0v) is 12.0. The lowest BCUT2D eigenvalue weighted by Gasteiger charge is -2.15. The average molecular weight is 302 g/mol. The second kappa shape index (κ2) is 5.65. The fraction of sp³-hybridized carbons (Fsp3) is 0.267. The highest BCUT2D eigenvalue weighted by Gasteiger charge is 2.35. The van der Waals surface area contributed by atoms with Crippen molar-refractivity contribution in [3.63, 3.8) is 0 Å². The lowest BCUT2D eigenvalue weighted by molar-refractivity contribution is 0.0696. The highest BCUT2D eigenvalue weighted by molar-refractivity contribution is 7.09. The third-order valence-electron chi connectivity index (χ3n) is 3.49. The molecule has 0 saturated heterocycles. The molecule has 5 nitrogen and oxygen atoms in total. The molecule has 0 bridgehead atoms. The number of aromatic nitrogens is 1. The number of carbonyl (C=O) groups excluding carboxylic acids is 1. The van der Waals surface area contributed by atoms with E-state index in [1.165, 1.54) is 35.6 Å². The van der Waals surface area contributed by atoms with Gasteiger partial charge in [-0.25, -0.2) is 9.78 Å². The molecule has 1 heterocycles. The Hall–Kier alpha value is -2.21. The number of benzene rings is 1. The predicted molar refractivity (Wildman–Crippen MR) is 78.4 cm³/mol. The molecule has 1 aliphatic rings. The number of hydrogen-bond acceptors (Lipinski definition) is 4. The Balaban J connectivity index is 1.74. The number of carboxylic acids is 1. The summed E-state index contributed by atoms with van der Waals surface area (Å²) in [5.41, 5.74) is 0.632. The van der Waals surface area contributed by atoms with Crippen molar-refractivity contribution in [1.29, 1.82) is 0 Å². The van der Waals surface area contributed by atoms with E-state index < -0.39 is 5.97 Å². The van der Waals surface area contributed by atoms with Crippen LogP contribution >= 0.6 is 11.3 Å². The van der Waals surface area contributed by atoms with E-state index in [-0.39, 0.29) is 17.5 Å². The SMILES string of the molecule is O=C(O)c1ccc(C(=O)NC(c2nccs2)C2CC2)cc1. The Morgan fingerprint density at radius 1 is 1.24 bits per heavy atom. The van der Waals surface area contributed by atoms with Crippen LogP contribution in [0.3, 0.4) is 0 Å². The van der Waals surface area contributed by atoms with Gasteiger partial charge in [-0.3, -0.25) is 4.79 Å². The van der Waals surface area contributed by atoms with Gasteiger partial charge >= 0.3 is 5.97 Å². The Labute approximate surface area is 125 Å². The summed E-state index contributed by atoms with van der Waals surface area (Å²) in [7, 11) is 0. The largest absolute Gasteiger partial charge is 0.478 e. The fourth-order valence-corrected chi connectivity index (χ4v) is 2.97. The first kappa shape index (κ1) is 13.8. The van der Waals surface area contributed by atoms with Gasteiger partial charge in [0.2, 0.25) is 0 Å². The highest BCUT2D eigenvalue weighted by atomic mass is 32.1. The van der Waals surface area contributed by atoms with E-state index in [1.807, 2.05) is 5.38 Å². The molecule has 108 valence electrons. The third-order valence-corrected chi connectivity index (χ3v) is 4.35. The van der Waals surface area contributed by atoms with Gasteiger partial charge in [-0.1, -0.05) is 0 Å². The fourth-order valence-electron chi connectivity index (χ4n) is 2.19. The topological polar surface area (TPSA) is 79.3 Å². The van der Waals surface area contributed by atoms with Crippen LogP contribution in [0.1, 0.15) is 44.6 Å². The molecule has 1 aromatic heterocycles.